The SMILES string of the molecule is CCCC.Cc1cc(Br)ccc1NC1=NC(CC(C)C)CS1. The van der Waals surface area contributed by atoms with Gasteiger partial charge in [0.05, 0.1) is 6.04 Å². The Bertz CT molecular complexity index is 484. The first-order valence-electron chi connectivity index (χ1n) is 8.20. The second kappa shape index (κ2) is 10.3. The number of aryl methyl sites for hydroxylation is 1. The van der Waals surface area contributed by atoms with Crippen molar-refractivity contribution in [3.8, 4) is 0 Å². The fourth-order valence-corrected chi connectivity index (χ4v) is 3.47. The van der Waals surface area contributed by atoms with Gasteiger partial charge in [0.1, 0.15) is 0 Å². The maximum atomic E-state index is 4.74. The van der Waals surface area contributed by atoms with Crippen LogP contribution in [0.5, 0.6) is 0 Å². The summed E-state index contributed by atoms with van der Waals surface area (Å²) in [6, 6.07) is 6.75. The normalized spacial score (nSPS) is 17.0. The lowest BCUT2D eigenvalue weighted by molar-refractivity contribution is 0.529. The van der Waals surface area contributed by atoms with Crippen molar-refractivity contribution in [3.05, 3.63) is 28.2 Å². The van der Waals surface area contributed by atoms with Crippen LogP contribution < -0.4 is 5.32 Å². The molecule has 2 rings (SSSR count). The van der Waals surface area contributed by atoms with E-state index in [1.54, 1.807) is 0 Å². The molecule has 1 atom stereocenters. The van der Waals surface area contributed by atoms with Crippen molar-refractivity contribution in [2.45, 2.75) is 59.9 Å². The molecule has 0 radical (unpaired) electrons. The van der Waals surface area contributed by atoms with Crippen molar-refractivity contribution in [2.24, 2.45) is 10.9 Å². The van der Waals surface area contributed by atoms with E-state index in [9.17, 15) is 0 Å². The van der Waals surface area contributed by atoms with E-state index in [1.807, 2.05) is 11.8 Å². The van der Waals surface area contributed by atoms with Crippen LogP contribution in [0.15, 0.2) is 27.7 Å². The molecule has 1 heterocycles. The predicted molar refractivity (Wildman–Crippen MR) is 106 cm³/mol. The zero-order valence-corrected chi connectivity index (χ0v) is 16.9. The van der Waals surface area contributed by atoms with Crippen LogP contribution in [0.25, 0.3) is 0 Å². The molecule has 1 aliphatic heterocycles. The molecule has 0 bridgehead atoms. The molecule has 1 unspecified atom stereocenters. The fourth-order valence-electron chi connectivity index (χ4n) is 2.03. The minimum atomic E-state index is 0.480. The summed E-state index contributed by atoms with van der Waals surface area (Å²) >= 11 is 5.31. The Morgan fingerprint density at radius 1 is 1.32 bits per heavy atom. The van der Waals surface area contributed by atoms with E-state index in [0.717, 1.165) is 21.1 Å². The number of hydrogen-bond acceptors (Lipinski definition) is 3. The molecule has 1 N–H and O–H groups in total. The minimum Gasteiger partial charge on any atom is -0.335 e. The molecule has 0 saturated heterocycles. The zero-order valence-electron chi connectivity index (χ0n) is 14.4. The van der Waals surface area contributed by atoms with E-state index in [1.165, 1.54) is 24.8 Å². The summed E-state index contributed by atoms with van der Waals surface area (Å²) in [7, 11) is 0. The van der Waals surface area contributed by atoms with Gasteiger partial charge in [0, 0.05) is 15.9 Å². The molecule has 0 spiro atoms. The Balaban J connectivity index is 0.000000541. The third-order valence-corrected chi connectivity index (χ3v) is 4.91. The summed E-state index contributed by atoms with van der Waals surface area (Å²) in [4.78, 5) is 4.74. The number of unbranched alkanes of at least 4 members (excludes halogenated alkanes) is 1. The molecule has 0 aromatic heterocycles. The summed E-state index contributed by atoms with van der Waals surface area (Å²) in [5, 5.41) is 4.49. The van der Waals surface area contributed by atoms with Crippen molar-refractivity contribution < 1.29 is 0 Å². The van der Waals surface area contributed by atoms with Crippen LogP contribution in [0.4, 0.5) is 5.69 Å². The van der Waals surface area contributed by atoms with E-state index < -0.39 is 0 Å². The van der Waals surface area contributed by atoms with Crippen LogP contribution in [0.2, 0.25) is 0 Å². The number of rotatable bonds is 4. The van der Waals surface area contributed by atoms with Gasteiger partial charge in [0.2, 0.25) is 0 Å². The van der Waals surface area contributed by atoms with Gasteiger partial charge >= 0.3 is 0 Å². The molecule has 0 aliphatic carbocycles. The van der Waals surface area contributed by atoms with Gasteiger partial charge in [-0.25, -0.2) is 0 Å². The summed E-state index contributed by atoms with van der Waals surface area (Å²) in [6.07, 6.45) is 3.82. The van der Waals surface area contributed by atoms with Gasteiger partial charge in [-0.1, -0.05) is 68.2 Å². The van der Waals surface area contributed by atoms with Crippen molar-refractivity contribution in [1.82, 2.24) is 0 Å². The molecule has 0 amide bonds. The molecular weight excluding hydrogens is 356 g/mol. The number of benzene rings is 1. The molecule has 0 saturated carbocycles. The lowest BCUT2D eigenvalue weighted by Crippen LogP contribution is -2.08. The molecule has 22 heavy (non-hydrogen) atoms. The van der Waals surface area contributed by atoms with Crippen LogP contribution in [-0.4, -0.2) is 17.0 Å². The van der Waals surface area contributed by atoms with Gasteiger partial charge in [-0.15, -0.1) is 0 Å². The molecule has 1 aromatic carbocycles. The predicted octanol–water partition coefficient (Wildman–Crippen LogP) is 6.49. The van der Waals surface area contributed by atoms with Crippen molar-refractivity contribution in [1.29, 1.82) is 0 Å². The average Bonchev–Trinajstić information content (AvgIpc) is 2.88. The number of halogens is 1. The van der Waals surface area contributed by atoms with Crippen LogP contribution in [-0.2, 0) is 0 Å². The van der Waals surface area contributed by atoms with Crippen molar-refractivity contribution >= 4 is 38.5 Å². The third kappa shape index (κ3) is 7.19. The maximum Gasteiger partial charge on any atom is 0.161 e. The van der Waals surface area contributed by atoms with Crippen LogP contribution in [0.1, 0.15) is 52.5 Å². The smallest absolute Gasteiger partial charge is 0.161 e. The molecule has 124 valence electrons. The fraction of sp³-hybridized carbons (Fsp3) is 0.611. The van der Waals surface area contributed by atoms with Gasteiger partial charge in [-0.3, -0.25) is 4.99 Å². The number of anilines is 1. The van der Waals surface area contributed by atoms with Gasteiger partial charge in [-0.2, -0.15) is 0 Å². The highest BCUT2D eigenvalue weighted by atomic mass is 79.9. The third-order valence-electron chi connectivity index (χ3n) is 3.39. The number of aliphatic imine (C=N–C) groups is 1. The second-order valence-corrected chi connectivity index (χ2v) is 8.04. The van der Waals surface area contributed by atoms with E-state index in [-0.39, 0.29) is 0 Å². The molecule has 0 fully saturated rings. The molecule has 1 aromatic rings. The summed E-state index contributed by atoms with van der Waals surface area (Å²) < 4.78 is 1.12. The largest absolute Gasteiger partial charge is 0.335 e. The Morgan fingerprint density at radius 2 is 2.00 bits per heavy atom. The van der Waals surface area contributed by atoms with Crippen LogP contribution >= 0.6 is 27.7 Å². The molecular formula is C18H29BrN2S. The number of hydrogen-bond donors (Lipinski definition) is 1. The molecule has 2 nitrogen and oxygen atoms in total. The van der Waals surface area contributed by atoms with E-state index in [2.05, 4.69) is 74.1 Å². The van der Waals surface area contributed by atoms with Crippen molar-refractivity contribution in [3.63, 3.8) is 0 Å². The van der Waals surface area contributed by atoms with Gasteiger partial charge in [0.15, 0.2) is 5.17 Å². The number of nitrogens with one attached hydrogen (secondary N) is 1. The topological polar surface area (TPSA) is 24.4 Å². The highest BCUT2D eigenvalue weighted by molar-refractivity contribution is 9.10. The highest BCUT2D eigenvalue weighted by Gasteiger charge is 2.19. The van der Waals surface area contributed by atoms with Crippen molar-refractivity contribution in [2.75, 3.05) is 11.1 Å². The van der Waals surface area contributed by atoms with E-state index >= 15 is 0 Å². The Morgan fingerprint density at radius 3 is 2.55 bits per heavy atom. The lowest BCUT2D eigenvalue weighted by atomic mass is 10.1. The Kier molecular flexibility index (Phi) is 9.18. The van der Waals surface area contributed by atoms with Gasteiger partial charge in [-0.05, 0) is 43.0 Å². The lowest BCUT2D eigenvalue weighted by Gasteiger charge is -2.09. The number of thioether (sulfide) groups is 1. The monoisotopic (exact) mass is 384 g/mol. The van der Waals surface area contributed by atoms with Gasteiger partial charge < -0.3 is 5.32 Å². The first-order chi connectivity index (χ1) is 10.5. The van der Waals surface area contributed by atoms with Crippen LogP contribution in [0, 0.1) is 12.8 Å². The summed E-state index contributed by atoms with van der Waals surface area (Å²) in [6.45, 7) is 11.0. The zero-order chi connectivity index (χ0) is 16.5. The maximum absolute atomic E-state index is 4.74. The Labute approximate surface area is 148 Å². The highest BCUT2D eigenvalue weighted by Crippen LogP contribution is 2.26. The minimum absolute atomic E-state index is 0.480. The number of nitrogens with zero attached hydrogens (tertiary/aromatic N) is 1. The second-order valence-electron chi connectivity index (χ2n) is 6.11. The van der Waals surface area contributed by atoms with E-state index in [4.69, 9.17) is 4.99 Å². The Hall–Kier alpha value is -0.480. The molecule has 4 heteroatoms. The van der Waals surface area contributed by atoms with Crippen LogP contribution in [0.3, 0.4) is 0 Å². The summed E-state index contributed by atoms with van der Waals surface area (Å²) in [5.41, 5.74) is 2.38. The molecule has 1 aliphatic rings. The summed E-state index contributed by atoms with van der Waals surface area (Å²) in [5.74, 6) is 1.82. The van der Waals surface area contributed by atoms with Gasteiger partial charge in [0.25, 0.3) is 0 Å². The first-order valence-corrected chi connectivity index (χ1v) is 9.97. The standard InChI is InChI=1S/C14H19BrN2S.C4H10/c1-9(2)6-12-8-18-14(16-12)17-13-5-4-11(15)7-10(13)3;1-3-4-2/h4-5,7,9,12H,6,8H2,1-3H3,(H,16,17);3-4H2,1-2H3. The van der Waals surface area contributed by atoms with E-state index in [0.29, 0.717) is 12.0 Å². The number of amidine groups is 1. The first kappa shape index (κ1) is 19.6. The quantitative estimate of drug-likeness (QED) is 0.640. The average molecular weight is 385 g/mol.